The first-order valence-corrected chi connectivity index (χ1v) is 4.53. The van der Waals surface area contributed by atoms with E-state index in [1.54, 1.807) is 0 Å². The van der Waals surface area contributed by atoms with E-state index in [4.69, 9.17) is 11.6 Å². The van der Waals surface area contributed by atoms with Crippen molar-refractivity contribution in [1.29, 1.82) is 0 Å². The predicted octanol–water partition coefficient (Wildman–Crippen LogP) is 0.474. The predicted molar refractivity (Wildman–Crippen MR) is 34.7 cm³/mol. The molecule has 0 atom stereocenters. The highest BCUT2D eigenvalue weighted by molar-refractivity contribution is 7.91. The Bertz CT molecular complexity index is 138. The minimum Gasteiger partial charge on any atom is -0.229 e. The van der Waals surface area contributed by atoms with Gasteiger partial charge in [0, 0.05) is 5.88 Å². The molecule has 0 aliphatic rings. The Kier molecular flexibility index (Phi) is 3.40. The van der Waals surface area contributed by atoms with E-state index in [-0.39, 0.29) is 17.4 Å². The Hall–Kier alpha value is 0.240. The molecule has 0 N–H and O–H groups in total. The molecule has 0 aromatic carbocycles. The lowest BCUT2D eigenvalue weighted by Gasteiger charge is -1.92. The van der Waals surface area contributed by atoms with Crippen LogP contribution >= 0.6 is 11.6 Å². The van der Waals surface area contributed by atoms with Gasteiger partial charge in [-0.3, -0.25) is 0 Å². The number of hydrogen-bond acceptors (Lipinski definition) is 2. The van der Waals surface area contributed by atoms with E-state index in [0.717, 1.165) is 0 Å². The first-order chi connectivity index (χ1) is 3.62. The third kappa shape index (κ3) is 3.27. The number of sulfone groups is 1. The number of hydrogen-bond donors (Lipinski definition) is 0. The van der Waals surface area contributed by atoms with E-state index in [1.165, 1.54) is 0 Å². The largest absolute Gasteiger partial charge is 0.229 e. The van der Waals surface area contributed by atoms with Gasteiger partial charge in [0.25, 0.3) is 0 Å². The van der Waals surface area contributed by atoms with Crippen LogP contribution in [0, 0.1) is 6.92 Å². The van der Waals surface area contributed by atoms with Crippen molar-refractivity contribution < 1.29 is 8.42 Å². The van der Waals surface area contributed by atoms with Gasteiger partial charge in [-0.25, -0.2) is 8.42 Å². The van der Waals surface area contributed by atoms with Crippen LogP contribution in [0.15, 0.2) is 0 Å². The average molecular weight is 156 g/mol. The Labute approximate surface area is 54.8 Å². The molecule has 0 rings (SSSR count). The van der Waals surface area contributed by atoms with Crippen LogP contribution in [0.3, 0.4) is 0 Å². The minimum absolute atomic E-state index is 0.0397. The molecular weight excluding hydrogens is 148 g/mol. The van der Waals surface area contributed by atoms with Crippen LogP contribution in [0.25, 0.3) is 0 Å². The van der Waals surface area contributed by atoms with Crippen molar-refractivity contribution >= 4 is 21.4 Å². The summed E-state index contributed by atoms with van der Waals surface area (Å²) in [7, 11) is -2.91. The van der Waals surface area contributed by atoms with Gasteiger partial charge in [-0.1, -0.05) is 0 Å². The van der Waals surface area contributed by atoms with Gasteiger partial charge in [0.05, 0.1) is 11.5 Å². The van der Waals surface area contributed by atoms with Crippen LogP contribution in [0.5, 0.6) is 0 Å². The topological polar surface area (TPSA) is 34.1 Å². The number of halogens is 1. The molecule has 0 saturated carbocycles. The first-order valence-electron chi connectivity index (χ1n) is 2.18. The fourth-order valence-electron chi connectivity index (χ4n) is 0.220. The van der Waals surface area contributed by atoms with Crippen molar-refractivity contribution in [3.8, 4) is 0 Å². The van der Waals surface area contributed by atoms with Gasteiger partial charge < -0.3 is 0 Å². The third-order valence-electron chi connectivity index (χ3n) is 0.699. The molecule has 0 aliphatic carbocycles. The van der Waals surface area contributed by atoms with E-state index in [1.807, 2.05) is 0 Å². The van der Waals surface area contributed by atoms with Crippen LogP contribution in [0.4, 0.5) is 0 Å². The summed E-state index contributed by atoms with van der Waals surface area (Å²) in [5.41, 5.74) is 0. The van der Waals surface area contributed by atoms with E-state index in [0.29, 0.717) is 0 Å². The van der Waals surface area contributed by atoms with E-state index >= 15 is 0 Å². The Morgan fingerprint density at radius 2 is 2.00 bits per heavy atom. The van der Waals surface area contributed by atoms with Crippen LogP contribution in [0.1, 0.15) is 0 Å². The third-order valence-corrected chi connectivity index (χ3v) is 2.56. The molecule has 1 radical (unpaired) electrons. The van der Waals surface area contributed by atoms with Gasteiger partial charge in [-0.2, -0.15) is 0 Å². The molecule has 0 amide bonds. The average Bonchev–Trinajstić information content (AvgIpc) is 1.67. The van der Waals surface area contributed by atoms with Crippen molar-refractivity contribution in [3.63, 3.8) is 0 Å². The lowest BCUT2D eigenvalue weighted by Crippen LogP contribution is -2.09. The summed E-state index contributed by atoms with van der Waals surface area (Å²) < 4.78 is 20.9. The first kappa shape index (κ1) is 8.24. The second-order valence-corrected chi connectivity index (χ2v) is 4.02. The number of rotatable bonds is 3. The Morgan fingerprint density at radius 3 is 2.12 bits per heavy atom. The standard InChI is InChI=1S/C4H8ClO2S/c1-2-8(6,7)4-3-5/h1-4H2. The molecule has 0 spiro atoms. The Morgan fingerprint density at radius 1 is 1.50 bits per heavy atom. The molecule has 0 fully saturated rings. The lowest BCUT2D eigenvalue weighted by molar-refractivity contribution is 0.600. The summed E-state index contributed by atoms with van der Waals surface area (Å²) in [6, 6.07) is 0. The van der Waals surface area contributed by atoms with Gasteiger partial charge in [0.2, 0.25) is 0 Å². The Balaban J connectivity index is 3.76. The minimum atomic E-state index is -2.91. The summed E-state index contributed by atoms with van der Waals surface area (Å²) in [4.78, 5) is 0. The van der Waals surface area contributed by atoms with Gasteiger partial charge in [0.1, 0.15) is 0 Å². The second kappa shape index (κ2) is 3.30. The smallest absolute Gasteiger partial charge is 0.151 e. The SMILES string of the molecule is [CH2]CS(=O)(=O)CCCl. The molecule has 2 nitrogen and oxygen atoms in total. The zero-order valence-corrected chi connectivity index (χ0v) is 6.00. The van der Waals surface area contributed by atoms with E-state index in [9.17, 15) is 8.42 Å². The summed E-state index contributed by atoms with van der Waals surface area (Å²) in [5.74, 6) is 0.148. The summed E-state index contributed by atoms with van der Waals surface area (Å²) in [6.45, 7) is 3.23. The van der Waals surface area contributed by atoms with Gasteiger partial charge in [-0.15, -0.1) is 11.6 Å². The maximum Gasteiger partial charge on any atom is 0.151 e. The molecule has 0 bridgehead atoms. The second-order valence-electron chi connectivity index (χ2n) is 1.34. The van der Waals surface area contributed by atoms with Crippen molar-refractivity contribution in [2.45, 2.75) is 0 Å². The molecule has 0 aromatic rings. The lowest BCUT2D eigenvalue weighted by atomic mass is 11.0. The molecule has 0 heterocycles. The number of alkyl halides is 1. The highest BCUT2D eigenvalue weighted by atomic mass is 35.5. The molecule has 49 valence electrons. The van der Waals surface area contributed by atoms with Crippen LogP contribution in [0.2, 0.25) is 0 Å². The molecule has 0 aromatic heterocycles. The summed E-state index contributed by atoms with van der Waals surface area (Å²) in [6.07, 6.45) is 0. The highest BCUT2D eigenvalue weighted by Gasteiger charge is 2.03. The molecule has 0 unspecified atom stereocenters. The molecule has 0 aliphatic heterocycles. The monoisotopic (exact) mass is 155 g/mol. The van der Waals surface area contributed by atoms with Crippen LogP contribution < -0.4 is 0 Å². The summed E-state index contributed by atoms with van der Waals surface area (Å²) >= 11 is 5.16. The maximum absolute atomic E-state index is 10.5. The normalized spacial score (nSPS) is 11.8. The van der Waals surface area contributed by atoms with E-state index < -0.39 is 9.84 Å². The van der Waals surface area contributed by atoms with E-state index in [2.05, 4.69) is 6.92 Å². The van der Waals surface area contributed by atoms with Crippen molar-refractivity contribution in [2.24, 2.45) is 0 Å². The molecule has 8 heavy (non-hydrogen) atoms. The van der Waals surface area contributed by atoms with Gasteiger partial charge in [-0.05, 0) is 6.92 Å². The van der Waals surface area contributed by atoms with Gasteiger partial charge >= 0.3 is 0 Å². The molecular formula is C4H8ClO2S. The highest BCUT2D eigenvalue weighted by Crippen LogP contribution is 1.89. The van der Waals surface area contributed by atoms with Crippen molar-refractivity contribution in [3.05, 3.63) is 6.92 Å². The quantitative estimate of drug-likeness (QED) is 0.556. The van der Waals surface area contributed by atoms with Crippen molar-refractivity contribution in [2.75, 3.05) is 17.4 Å². The van der Waals surface area contributed by atoms with Crippen LogP contribution in [-0.4, -0.2) is 25.8 Å². The van der Waals surface area contributed by atoms with Crippen molar-refractivity contribution in [1.82, 2.24) is 0 Å². The zero-order chi connectivity index (χ0) is 6.62. The molecule has 4 heteroatoms. The zero-order valence-electron chi connectivity index (χ0n) is 4.43. The van der Waals surface area contributed by atoms with Gasteiger partial charge in [0.15, 0.2) is 9.84 Å². The summed E-state index contributed by atoms with van der Waals surface area (Å²) in [5, 5.41) is 0. The fourth-order valence-corrected chi connectivity index (χ4v) is 1.36. The fraction of sp³-hybridized carbons (Fsp3) is 0.750. The maximum atomic E-state index is 10.5. The molecule has 0 saturated heterocycles. The van der Waals surface area contributed by atoms with Crippen LogP contribution in [-0.2, 0) is 9.84 Å².